The van der Waals surface area contributed by atoms with Gasteiger partial charge < -0.3 is 9.47 Å². The van der Waals surface area contributed by atoms with Gasteiger partial charge in [-0.05, 0) is 25.3 Å². The molecule has 1 aromatic carbocycles. The van der Waals surface area contributed by atoms with Crippen molar-refractivity contribution in [1.29, 1.82) is 0 Å². The largest absolute Gasteiger partial charge is 0.448 e. The standard InChI is InChI=1S/C15H18O4/c1-10(12-7-5-4-6-8-12)9-15(3)14(17)18-11(2)13(16)19-15/h4-8,10-11H,9H2,1-3H3. The first-order chi connectivity index (χ1) is 8.92. The van der Waals surface area contributed by atoms with Gasteiger partial charge in [-0.1, -0.05) is 37.3 Å². The molecule has 3 unspecified atom stereocenters. The lowest BCUT2D eigenvalue weighted by atomic mass is 9.87. The Kier molecular flexibility index (Phi) is 3.60. The van der Waals surface area contributed by atoms with E-state index in [-0.39, 0.29) is 5.92 Å². The molecule has 0 bridgehead atoms. The van der Waals surface area contributed by atoms with Crippen LogP contribution in [0.4, 0.5) is 0 Å². The Labute approximate surface area is 112 Å². The minimum Gasteiger partial charge on any atom is -0.448 e. The molecule has 0 N–H and O–H groups in total. The molecule has 19 heavy (non-hydrogen) atoms. The van der Waals surface area contributed by atoms with Gasteiger partial charge in [0.1, 0.15) is 0 Å². The van der Waals surface area contributed by atoms with Crippen LogP contribution >= 0.6 is 0 Å². The van der Waals surface area contributed by atoms with E-state index < -0.39 is 23.6 Å². The fourth-order valence-electron chi connectivity index (χ4n) is 2.29. The van der Waals surface area contributed by atoms with E-state index in [4.69, 9.17) is 9.47 Å². The molecule has 0 spiro atoms. The second kappa shape index (κ2) is 5.03. The number of carbonyl (C=O) groups excluding carboxylic acids is 2. The topological polar surface area (TPSA) is 52.6 Å². The van der Waals surface area contributed by atoms with Crippen LogP contribution < -0.4 is 0 Å². The summed E-state index contributed by atoms with van der Waals surface area (Å²) in [5.41, 5.74) is -0.0926. The Balaban J connectivity index is 2.13. The third-order valence-corrected chi connectivity index (χ3v) is 3.44. The first kappa shape index (κ1) is 13.6. The zero-order valence-corrected chi connectivity index (χ0v) is 11.4. The number of hydrogen-bond acceptors (Lipinski definition) is 4. The third-order valence-electron chi connectivity index (χ3n) is 3.44. The molecule has 2 rings (SSSR count). The molecule has 1 aliphatic rings. The first-order valence-corrected chi connectivity index (χ1v) is 6.41. The van der Waals surface area contributed by atoms with E-state index in [1.54, 1.807) is 6.92 Å². The summed E-state index contributed by atoms with van der Waals surface area (Å²) in [6.07, 6.45) is -0.401. The molecular weight excluding hydrogens is 244 g/mol. The van der Waals surface area contributed by atoms with E-state index in [0.29, 0.717) is 6.42 Å². The fourth-order valence-corrected chi connectivity index (χ4v) is 2.29. The molecule has 0 amide bonds. The molecule has 0 aliphatic carbocycles. The van der Waals surface area contributed by atoms with Gasteiger partial charge in [-0.25, -0.2) is 9.59 Å². The first-order valence-electron chi connectivity index (χ1n) is 6.41. The number of hydrogen-bond donors (Lipinski definition) is 0. The van der Waals surface area contributed by atoms with Crippen molar-refractivity contribution in [1.82, 2.24) is 0 Å². The molecule has 1 aromatic rings. The number of carbonyl (C=O) groups is 2. The van der Waals surface area contributed by atoms with Crippen molar-refractivity contribution in [2.45, 2.75) is 44.8 Å². The summed E-state index contributed by atoms with van der Waals surface area (Å²) in [6.45, 7) is 5.12. The van der Waals surface area contributed by atoms with Crippen molar-refractivity contribution in [3.63, 3.8) is 0 Å². The molecule has 1 heterocycles. The van der Waals surface area contributed by atoms with Crippen LogP contribution in [0.15, 0.2) is 30.3 Å². The zero-order chi connectivity index (χ0) is 14.0. The molecule has 4 heteroatoms. The summed E-state index contributed by atoms with van der Waals surface area (Å²) in [4.78, 5) is 23.5. The highest BCUT2D eigenvalue weighted by molar-refractivity contribution is 5.90. The summed E-state index contributed by atoms with van der Waals surface area (Å²) in [5, 5.41) is 0. The van der Waals surface area contributed by atoms with Crippen LogP contribution in [-0.2, 0) is 19.1 Å². The highest BCUT2D eigenvalue weighted by Gasteiger charge is 2.46. The van der Waals surface area contributed by atoms with Gasteiger partial charge in [0.25, 0.3) is 0 Å². The summed E-state index contributed by atoms with van der Waals surface area (Å²) in [7, 11) is 0. The van der Waals surface area contributed by atoms with E-state index in [1.165, 1.54) is 6.92 Å². The molecule has 0 saturated carbocycles. The van der Waals surface area contributed by atoms with Gasteiger partial charge in [0.2, 0.25) is 5.60 Å². The van der Waals surface area contributed by atoms with Crippen molar-refractivity contribution >= 4 is 11.9 Å². The Morgan fingerprint density at radius 1 is 1.26 bits per heavy atom. The van der Waals surface area contributed by atoms with Crippen molar-refractivity contribution in [2.75, 3.05) is 0 Å². The van der Waals surface area contributed by atoms with Gasteiger partial charge >= 0.3 is 11.9 Å². The van der Waals surface area contributed by atoms with E-state index in [1.807, 2.05) is 37.3 Å². The number of benzene rings is 1. The maximum atomic E-state index is 11.9. The lowest BCUT2D eigenvalue weighted by molar-refractivity contribution is -0.208. The number of cyclic esters (lactones) is 2. The molecule has 0 aromatic heterocycles. The van der Waals surface area contributed by atoms with Crippen molar-refractivity contribution < 1.29 is 19.1 Å². The number of rotatable bonds is 3. The van der Waals surface area contributed by atoms with E-state index in [9.17, 15) is 9.59 Å². The van der Waals surface area contributed by atoms with Gasteiger partial charge in [-0.15, -0.1) is 0 Å². The van der Waals surface area contributed by atoms with Crippen molar-refractivity contribution in [3.8, 4) is 0 Å². The van der Waals surface area contributed by atoms with Crippen LogP contribution in [0.25, 0.3) is 0 Å². The summed E-state index contributed by atoms with van der Waals surface area (Å²) in [6, 6.07) is 9.82. The summed E-state index contributed by atoms with van der Waals surface area (Å²) in [5.74, 6) is -0.857. The van der Waals surface area contributed by atoms with Crippen LogP contribution in [0.3, 0.4) is 0 Å². The van der Waals surface area contributed by atoms with Crippen LogP contribution in [0.1, 0.15) is 38.7 Å². The zero-order valence-electron chi connectivity index (χ0n) is 11.4. The Morgan fingerprint density at radius 3 is 2.53 bits per heavy atom. The summed E-state index contributed by atoms with van der Waals surface area (Å²) >= 11 is 0. The molecule has 1 fully saturated rings. The highest BCUT2D eigenvalue weighted by atomic mass is 16.7. The van der Waals surface area contributed by atoms with Crippen LogP contribution in [0.2, 0.25) is 0 Å². The minimum atomic E-state index is -1.20. The van der Waals surface area contributed by atoms with Gasteiger partial charge in [-0.2, -0.15) is 0 Å². The molecular formula is C15H18O4. The third kappa shape index (κ3) is 2.78. The fraction of sp³-hybridized carbons (Fsp3) is 0.467. The van der Waals surface area contributed by atoms with Crippen LogP contribution in [0, 0.1) is 0 Å². The Bertz CT molecular complexity index is 482. The van der Waals surface area contributed by atoms with E-state index in [2.05, 4.69) is 0 Å². The predicted molar refractivity (Wildman–Crippen MR) is 69.5 cm³/mol. The monoisotopic (exact) mass is 262 g/mol. The lowest BCUT2D eigenvalue weighted by Crippen LogP contribution is -2.51. The Hall–Kier alpha value is -1.84. The van der Waals surface area contributed by atoms with Gasteiger partial charge in [0, 0.05) is 6.42 Å². The van der Waals surface area contributed by atoms with Crippen LogP contribution in [0.5, 0.6) is 0 Å². The summed E-state index contributed by atoms with van der Waals surface area (Å²) < 4.78 is 10.3. The lowest BCUT2D eigenvalue weighted by Gasteiger charge is -2.35. The second-order valence-electron chi connectivity index (χ2n) is 5.22. The SMILES string of the molecule is CC1OC(=O)C(C)(CC(C)c2ccccc2)OC1=O. The van der Waals surface area contributed by atoms with Gasteiger partial charge in [0.05, 0.1) is 0 Å². The van der Waals surface area contributed by atoms with Crippen molar-refractivity contribution in [3.05, 3.63) is 35.9 Å². The van der Waals surface area contributed by atoms with Gasteiger partial charge in [0.15, 0.2) is 6.10 Å². The Morgan fingerprint density at radius 2 is 1.89 bits per heavy atom. The average Bonchev–Trinajstić information content (AvgIpc) is 2.37. The maximum Gasteiger partial charge on any atom is 0.351 e. The number of esters is 2. The normalized spacial score (nSPS) is 28.5. The quantitative estimate of drug-likeness (QED) is 0.785. The molecule has 102 valence electrons. The molecule has 1 saturated heterocycles. The minimum absolute atomic E-state index is 0.0972. The van der Waals surface area contributed by atoms with Crippen molar-refractivity contribution in [2.24, 2.45) is 0 Å². The highest BCUT2D eigenvalue weighted by Crippen LogP contribution is 2.32. The molecule has 1 aliphatic heterocycles. The maximum absolute atomic E-state index is 11.9. The molecule has 3 atom stereocenters. The smallest absolute Gasteiger partial charge is 0.351 e. The second-order valence-corrected chi connectivity index (χ2v) is 5.22. The number of ether oxygens (including phenoxy) is 2. The van der Waals surface area contributed by atoms with Crippen LogP contribution in [-0.4, -0.2) is 23.6 Å². The predicted octanol–water partition coefficient (Wildman–Crippen LogP) is 2.43. The molecule has 0 radical (unpaired) electrons. The van der Waals surface area contributed by atoms with Gasteiger partial charge in [-0.3, -0.25) is 0 Å². The van der Waals surface area contributed by atoms with E-state index in [0.717, 1.165) is 5.56 Å². The molecule has 4 nitrogen and oxygen atoms in total. The van der Waals surface area contributed by atoms with E-state index >= 15 is 0 Å². The average molecular weight is 262 g/mol.